The highest BCUT2D eigenvalue weighted by atomic mass is 16.6. The van der Waals surface area contributed by atoms with E-state index in [1.54, 1.807) is 0 Å². The van der Waals surface area contributed by atoms with Crippen LogP contribution in [0.3, 0.4) is 0 Å². The van der Waals surface area contributed by atoms with E-state index in [0.29, 0.717) is 19.3 Å². The van der Waals surface area contributed by atoms with Crippen LogP contribution in [-0.2, 0) is 28.6 Å². The molecular formula is C50H96O6. The molecule has 0 heterocycles. The van der Waals surface area contributed by atoms with Gasteiger partial charge in [-0.05, 0) is 19.3 Å². The van der Waals surface area contributed by atoms with Gasteiger partial charge in [-0.3, -0.25) is 14.4 Å². The standard InChI is InChI=1S/C50H96O6/c1-4-7-10-13-16-18-20-22-23-24-25-26-28-29-31-34-37-40-43-49(52)55-46-47(45-54-48(51)42-39-36-33-15-12-9-6-3)56-50(53)44-41-38-35-32-30-27-21-19-17-14-11-8-5-2/h47H,4-46H2,1-3H3/t47-/m0/s1. The molecule has 6 nitrogen and oxygen atoms in total. The molecular weight excluding hydrogens is 697 g/mol. The van der Waals surface area contributed by atoms with Gasteiger partial charge in [0, 0.05) is 19.3 Å². The number of esters is 3. The number of unbranched alkanes of at least 4 members (excludes halogenated alkanes) is 35. The van der Waals surface area contributed by atoms with Crippen molar-refractivity contribution in [3.8, 4) is 0 Å². The Morgan fingerprint density at radius 3 is 0.714 bits per heavy atom. The Balaban J connectivity index is 4.18. The van der Waals surface area contributed by atoms with E-state index in [1.807, 2.05) is 0 Å². The van der Waals surface area contributed by atoms with E-state index < -0.39 is 6.10 Å². The maximum atomic E-state index is 12.7. The highest BCUT2D eigenvalue weighted by Gasteiger charge is 2.19. The van der Waals surface area contributed by atoms with Gasteiger partial charge in [0.25, 0.3) is 0 Å². The number of hydrogen-bond acceptors (Lipinski definition) is 6. The molecule has 0 aliphatic carbocycles. The summed E-state index contributed by atoms with van der Waals surface area (Å²) in [5, 5.41) is 0. The molecule has 332 valence electrons. The van der Waals surface area contributed by atoms with Crippen molar-refractivity contribution in [2.45, 2.75) is 290 Å². The van der Waals surface area contributed by atoms with Crippen molar-refractivity contribution in [3.05, 3.63) is 0 Å². The van der Waals surface area contributed by atoms with Crippen LogP contribution in [0.4, 0.5) is 0 Å². The minimum Gasteiger partial charge on any atom is -0.462 e. The third kappa shape index (κ3) is 43.5. The second kappa shape index (κ2) is 46.1. The molecule has 6 heteroatoms. The largest absolute Gasteiger partial charge is 0.462 e. The summed E-state index contributed by atoms with van der Waals surface area (Å²) in [4.78, 5) is 37.7. The van der Waals surface area contributed by atoms with Crippen molar-refractivity contribution >= 4 is 17.9 Å². The molecule has 0 aromatic carbocycles. The number of carbonyl (C=O) groups excluding carboxylic acids is 3. The molecule has 0 aliphatic rings. The summed E-state index contributed by atoms with van der Waals surface area (Å²) in [5.74, 6) is -0.851. The van der Waals surface area contributed by atoms with Gasteiger partial charge in [-0.15, -0.1) is 0 Å². The van der Waals surface area contributed by atoms with E-state index in [1.165, 1.54) is 186 Å². The van der Waals surface area contributed by atoms with E-state index in [4.69, 9.17) is 14.2 Å². The molecule has 0 aliphatic heterocycles. The average molecular weight is 793 g/mol. The first-order valence-corrected chi connectivity index (χ1v) is 25.0. The normalized spacial score (nSPS) is 11.8. The predicted molar refractivity (Wildman–Crippen MR) is 238 cm³/mol. The minimum absolute atomic E-state index is 0.0626. The van der Waals surface area contributed by atoms with Crippen LogP contribution in [0.15, 0.2) is 0 Å². The summed E-state index contributed by atoms with van der Waals surface area (Å²) in [5.41, 5.74) is 0. The van der Waals surface area contributed by atoms with E-state index in [2.05, 4.69) is 20.8 Å². The third-order valence-corrected chi connectivity index (χ3v) is 11.4. The molecule has 0 saturated heterocycles. The smallest absolute Gasteiger partial charge is 0.306 e. The molecule has 0 aromatic rings. The number of hydrogen-bond donors (Lipinski definition) is 0. The van der Waals surface area contributed by atoms with Gasteiger partial charge >= 0.3 is 17.9 Å². The number of ether oxygens (including phenoxy) is 3. The Morgan fingerprint density at radius 2 is 0.482 bits per heavy atom. The van der Waals surface area contributed by atoms with Crippen LogP contribution in [-0.4, -0.2) is 37.2 Å². The van der Waals surface area contributed by atoms with Crippen LogP contribution in [0.25, 0.3) is 0 Å². The first kappa shape index (κ1) is 54.4. The fraction of sp³-hybridized carbons (Fsp3) is 0.940. The van der Waals surface area contributed by atoms with Crippen LogP contribution in [0.5, 0.6) is 0 Å². The Bertz CT molecular complexity index is 828. The molecule has 0 N–H and O–H groups in total. The molecule has 0 radical (unpaired) electrons. The molecule has 0 unspecified atom stereocenters. The van der Waals surface area contributed by atoms with Crippen LogP contribution < -0.4 is 0 Å². The average Bonchev–Trinajstić information content (AvgIpc) is 3.19. The van der Waals surface area contributed by atoms with Crippen molar-refractivity contribution in [3.63, 3.8) is 0 Å². The maximum absolute atomic E-state index is 12.7. The predicted octanol–water partition coefficient (Wildman–Crippen LogP) is 16.0. The van der Waals surface area contributed by atoms with Gasteiger partial charge in [-0.1, -0.05) is 245 Å². The van der Waals surface area contributed by atoms with Crippen LogP contribution in [0.2, 0.25) is 0 Å². The first-order valence-electron chi connectivity index (χ1n) is 25.0. The fourth-order valence-electron chi connectivity index (χ4n) is 7.56. The molecule has 0 rings (SSSR count). The van der Waals surface area contributed by atoms with Gasteiger partial charge in [0.15, 0.2) is 6.10 Å². The van der Waals surface area contributed by atoms with Crippen LogP contribution in [0, 0.1) is 0 Å². The monoisotopic (exact) mass is 793 g/mol. The lowest BCUT2D eigenvalue weighted by atomic mass is 10.0. The third-order valence-electron chi connectivity index (χ3n) is 11.4. The number of carbonyl (C=O) groups is 3. The van der Waals surface area contributed by atoms with Gasteiger partial charge in [0.05, 0.1) is 0 Å². The van der Waals surface area contributed by atoms with Gasteiger partial charge in [0.1, 0.15) is 13.2 Å². The summed E-state index contributed by atoms with van der Waals surface area (Å²) in [7, 11) is 0. The number of rotatable bonds is 46. The summed E-state index contributed by atoms with van der Waals surface area (Å²) in [6.45, 7) is 6.63. The lowest BCUT2D eigenvalue weighted by Gasteiger charge is -2.18. The molecule has 0 amide bonds. The summed E-state index contributed by atoms with van der Waals surface area (Å²) in [6, 6.07) is 0. The lowest BCUT2D eigenvalue weighted by molar-refractivity contribution is -0.167. The fourth-order valence-corrected chi connectivity index (χ4v) is 7.56. The Hall–Kier alpha value is -1.59. The second-order valence-electron chi connectivity index (χ2n) is 17.1. The van der Waals surface area contributed by atoms with Crippen molar-refractivity contribution in [2.75, 3.05) is 13.2 Å². The van der Waals surface area contributed by atoms with Crippen molar-refractivity contribution in [1.82, 2.24) is 0 Å². The van der Waals surface area contributed by atoms with E-state index in [0.717, 1.165) is 57.8 Å². The maximum Gasteiger partial charge on any atom is 0.306 e. The molecule has 0 saturated carbocycles. The summed E-state index contributed by atoms with van der Waals surface area (Å²) in [6.07, 6.45) is 48.1. The Kier molecular flexibility index (Phi) is 44.8. The van der Waals surface area contributed by atoms with E-state index in [-0.39, 0.29) is 31.1 Å². The van der Waals surface area contributed by atoms with Crippen molar-refractivity contribution in [2.24, 2.45) is 0 Å². The van der Waals surface area contributed by atoms with Crippen LogP contribution >= 0.6 is 0 Å². The second-order valence-corrected chi connectivity index (χ2v) is 17.1. The Morgan fingerprint density at radius 1 is 0.286 bits per heavy atom. The quantitative estimate of drug-likeness (QED) is 0.0347. The van der Waals surface area contributed by atoms with Gasteiger partial charge < -0.3 is 14.2 Å². The zero-order chi connectivity index (χ0) is 40.8. The van der Waals surface area contributed by atoms with Gasteiger partial charge in [-0.25, -0.2) is 0 Å². The molecule has 1 atom stereocenters. The van der Waals surface area contributed by atoms with Gasteiger partial charge in [-0.2, -0.15) is 0 Å². The molecule has 0 spiro atoms. The molecule has 0 aromatic heterocycles. The zero-order valence-corrected chi connectivity index (χ0v) is 37.9. The highest BCUT2D eigenvalue weighted by molar-refractivity contribution is 5.71. The summed E-state index contributed by atoms with van der Waals surface area (Å²) < 4.78 is 16.7. The summed E-state index contributed by atoms with van der Waals surface area (Å²) >= 11 is 0. The first-order chi connectivity index (χ1) is 27.5. The molecule has 0 bridgehead atoms. The Labute approximate surface area is 348 Å². The SMILES string of the molecule is CCCCCCCCCCCCCCCCCCCCC(=O)OC[C@H](COC(=O)CCCCCCCCC)OC(=O)CCCCCCCCCCCCCCC. The highest BCUT2D eigenvalue weighted by Crippen LogP contribution is 2.16. The van der Waals surface area contributed by atoms with E-state index >= 15 is 0 Å². The van der Waals surface area contributed by atoms with Crippen molar-refractivity contribution < 1.29 is 28.6 Å². The van der Waals surface area contributed by atoms with Crippen LogP contribution in [0.1, 0.15) is 284 Å². The lowest BCUT2D eigenvalue weighted by Crippen LogP contribution is -2.30. The topological polar surface area (TPSA) is 78.9 Å². The van der Waals surface area contributed by atoms with Gasteiger partial charge in [0.2, 0.25) is 0 Å². The van der Waals surface area contributed by atoms with E-state index in [9.17, 15) is 14.4 Å². The minimum atomic E-state index is -0.758. The zero-order valence-electron chi connectivity index (χ0n) is 37.9. The molecule has 56 heavy (non-hydrogen) atoms. The van der Waals surface area contributed by atoms with Crippen molar-refractivity contribution in [1.29, 1.82) is 0 Å². The molecule has 0 fully saturated rings.